The third-order valence-electron chi connectivity index (χ3n) is 3.06. The molecule has 0 aliphatic heterocycles. The summed E-state index contributed by atoms with van der Waals surface area (Å²) in [7, 11) is 0. The standard InChI is InChI=1S/C14H15NO3/c1-8-3-4-10-7-11(5-6-12(10)15-8)13(16)9(2)14(17)18/h3-7,9,13,16H,1-2H3,(H,17,18). The molecule has 4 heteroatoms. The average Bonchev–Trinajstić information content (AvgIpc) is 2.36. The summed E-state index contributed by atoms with van der Waals surface area (Å²) in [5, 5.41) is 19.8. The molecule has 0 bridgehead atoms. The third-order valence-corrected chi connectivity index (χ3v) is 3.06. The summed E-state index contributed by atoms with van der Waals surface area (Å²) in [6.07, 6.45) is -1.01. The van der Waals surface area contributed by atoms with Crippen LogP contribution in [0.4, 0.5) is 0 Å². The molecule has 2 atom stereocenters. The zero-order valence-electron chi connectivity index (χ0n) is 10.3. The second-order valence-corrected chi connectivity index (χ2v) is 4.48. The number of hydrogen-bond acceptors (Lipinski definition) is 3. The molecule has 2 aromatic rings. The van der Waals surface area contributed by atoms with Gasteiger partial charge in [-0.3, -0.25) is 9.78 Å². The van der Waals surface area contributed by atoms with Crippen molar-refractivity contribution >= 4 is 16.9 Å². The van der Waals surface area contributed by atoms with E-state index in [2.05, 4.69) is 4.98 Å². The lowest BCUT2D eigenvalue weighted by Gasteiger charge is -2.15. The van der Waals surface area contributed by atoms with Gasteiger partial charge in [0, 0.05) is 11.1 Å². The quantitative estimate of drug-likeness (QED) is 0.870. The minimum Gasteiger partial charge on any atom is -0.481 e. The van der Waals surface area contributed by atoms with Gasteiger partial charge in [0.05, 0.1) is 17.5 Å². The molecule has 0 fully saturated rings. The molecule has 1 aromatic heterocycles. The maximum absolute atomic E-state index is 10.8. The Kier molecular flexibility index (Phi) is 3.30. The molecule has 94 valence electrons. The highest BCUT2D eigenvalue weighted by Crippen LogP contribution is 2.25. The number of aryl methyl sites for hydroxylation is 1. The molecule has 0 spiro atoms. The van der Waals surface area contributed by atoms with Crippen LogP contribution in [-0.2, 0) is 4.79 Å². The van der Waals surface area contributed by atoms with Gasteiger partial charge in [-0.1, -0.05) is 12.1 Å². The van der Waals surface area contributed by atoms with Crippen LogP contribution in [0.15, 0.2) is 30.3 Å². The summed E-state index contributed by atoms with van der Waals surface area (Å²) in [5.41, 5.74) is 2.37. The van der Waals surface area contributed by atoms with Crippen LogP contribution in [0.5, 0.6) is 0 Å². The Morgan fingerprint density at radius 2 is 2.00 bits per heavy atom. The number of carboxylic acids is 1. The SMILES string of the molecule is Cc1ccc2cc(C(O)C(C)C(=O)O)ccc2n1. The van der Waals surface area contributed by atoms with E-state index in [0.717, 1.165) is 16.6 Å². The number of nitrogens with zero attached hydrogens (tertiary/aromatic N) is 1. The van der Waals surface area contributed by atoms with Crippen molar-refractivity contribution in [2.75, 3.05) is 0 Å². The lowest BCUT2D eigenvalue weighted by atomic mass is 9.96. The highest BCUT2D eigenvalue weighted by Gasteiger charge is 2.22. The number of aliphatic hydroxyl groups is 1. The number of carbonyl (C=O) groups is 1. The van der Waals surface area contributed by atoms with Crippen LogP contribution in [0.25, 0.3) is 10.9 Å². The number of fused-ring (bicyclic) bond motifs is 1. The topological polar surface area (TPSA) is 70.4 Å². The average molecular weight is 245 g/mol. The van der Waals surface area contributed by atoms with E-state index in [1.165, 1.54) is 6.92 Å². The van der Waals surface area contributed by atoms with Gasteiger partial charge in [0.2, 0.25) is 0 Å². The zero-order valence-corrected chi connectivity index (χ0v) is 10.3. The summed E-state index contributed by atoms with van der Waals surface area (Å²) in [6, 6.07) is 9.11. The van der Waals surface area contributed by atoms with Gasteiger partial charge in [-0.15, -0.1) is 0 Å². The molecule has 18 heavy (non-hydrogen) atoms. The summed E-state index contributed by atoms with van der Waals surface area (Å²) in [4.78, 5) is 15.2. The van der Waals surface area contributed by atoms with Gasteiger partial charge in [-0.2, -0.15) is 0 Å². The van der Waals surface area contributed by atoms with Gasteiger partial charge in [0.15, 0.2) is 0 Å². The second-order valence-electron chi connectivity index (χ2n) is 4.48. The molecule has 4 nitrogen and oxygen atoms in total. The molecule has 0 saturated heterocycles. The number of carboxylic acid groups (broad SMARTS) is 1. The molecular weight excluding hydrogens is 230 g/mol. The monoisotopic (exact) mass is 245 g/mol. The Morgan fingerprint density at radius 3 is 2.67 bits per heavy atom. The first-order chi connectivity index (χ1) is 8.49. The zero-order chi connectivity index (χ0) is 13.3. The molecule has 0 saturated carbocycles. The predicted octanol–water partition coefficient (Wildman–Crippen LogP) is 2.30. The molecule has 1 aromatic carbocycles. The van der Waals surface area contributed by atoms with Gasteiger partial charge in [-0.05, 0) is 37.6 Å². The van der Waals surface area contributed by atoms with Crippen LogP contribution >= 0.6 is 0 Å². The number of aliphatic carboxylic acids is 1. The smallest absolute Gasteiger partial charge is 0.309 e. The molecule has 0 aliphatic carbocycles. The number of aliphatic hydroxyl groups excluding tert-OH is 1. The van der Waals surface area contributed by atoms with Crippen molar-refractivity contribution in [2.24, 2.45) is 5.92 Å². The summed E-state index contributed by atoms with van der Waals surface area (Å²) < 4.78 is 0. The van der Waals surface area contributed by atoms with Crippen molar-refractivity contribution in [1.29, 1.82) is 0 Å². The number of hydrogen-bond donors (Lipinski definition) is 2. The number of benzene rings is 1. The Bertz CT molecular complexity index is 595. The maximum Gasteiger partial charge on any atom is 0.309 e. The molecule has 0 amide bonds. The van der Waals surface area contributed by atoms with Crippen LogP contribution in [0.3, 0.4) is 0 Å². The minimum atomic E-state index is -1.01. The van der Waals surface area contributed by atoms with Gasteiger partial charge in [-0.25, -0.2) is 0 Å². The van der Waals surface area contributed by atoms with Gasteiger partial charge in [0.1, 0.15) is 0 Å². The normalized spacial score (nSPS) is 14.4. The lowest BCUT2D eigenvalue weighted by Crippen LogP contribution is -2.18. The first-order valence-electron chi connectivity index (χ1n) is 5.77. The Morgan fingerprint density at radius 1 is 1.28 bits per heavy atom. The number of pyridine rings is 1. The Balaban J connectivity index is 2.41. The molecule has 0 aliphatic rings. The fourth-order valence-electron chi connectivity index (χ4n) is 1.85. The van der Waals surface area contributed by atoms with Gasteiger partial charge < -0.3 is 10.2 Å². The van der Waals surface area contributed by atoms with E-state index in [1.54, 1.807) is 18.2 Å². The molecule has 0 radical (unpaired) electrons. The van der Waals surface area contributed by atoms with Gasteiger partial charge >= 0.3 is 5.97 Å². The molecule has 2 rings (SSSR count). The predicted molar refractivity (Wildman–Crippen MR) is 68.2 cm³/mol. The van der Waals surface area contributed by atoms with Crippen LogP contribution in [0.2, 0.25) is 0 Å². The van der Waals surface area contributed by atoms with Crippen molar-refractivity contribution in [1.82, 2.24) is 4.98 Å². The van der Waals surface area contributed by atoms with Crippen LogP contribution in [0.1, 0.15) is 24.3 Å². The van der Waals surface area contributed by atoms with Crippen LogP contribution in [0, 0.1) is 12.8 Å². The Labute approximate surface area is 105 Å². The lowest BCUT2D eigenvalue weighted by molar-refractivity contribution is -0.145. The van der Waals surface area contributed by atoms with E-state index in [9.17, 15) is 9.90 Å². The van der Waals surface area contributed by atoms with E-state index >= 15 is 0 Å². The molecular formula is C14H15NO3. The fraction of sp³-hybridized carbons (Fsp3) is 0.286. The first kappa shape index (κ1) is 12.5. The van der Waals surface area contributed by atoms with E-state index in [4.69, 9.17) is 5.11 Å². The van der Waals surface area contributed by atoms with E-state index in [0.29, 0.717) is 5.56 Å². The minimum absolute atomic E-state index is 0.600. The van der Waals surface area contributed by atoms with Crippen molar-refractivity contribution in [3.63, 3.8) is 0 Å². The largest absolute Gasteiger partial charge is 0.481 e. The molecule has 2 unspecified atom stereocenters. The maximum atomic E-state index is 10.8. The van der Waals surface area contributed by atoms with Crippen molar-refractivity contribution in [3.05, 3.63) is 41.6 Å². The highest BCUT2D eigenvalue weighted by atomic mass is 16.4. The summed E-state index contributed by atoms with van der Waals surface area (Å²) in [6.45, 7) is 3.40. The fourth-order valence-corrected chi connectivity index (χ4v) is 1.85. The second kappa shape index (κ2) is 4.74. The summed E-state index contributed by atoms with van der Waals surface area (Å²) in [5.74, 6) is -1.84. The Hall–Kier alpha value is -1.94. The van der Waals surface area contributed by atoms with Crippen LogP contribution in [-0.4, -0.2) is 21.2 Å². The van der Waals surface area contributed by atoms with Gasteiger partial charge in [0.25, 0.3) is 0 Å². The summed E-state index contributed by atoms with van der Waals surface area (Å²) >= 11 is 0. The highest BCUT2D eigenvalue weighted by molar-refractivity contribution is 5.80. The van der Waals surface area contributed by atoms with E-state index in [-0.39, 0.29) is 0 Å². The van der Waals surface area contributed by atoms with E-state index in [1.807, 2.05) is 19.1 Å². The number of rotatable bonds is 3. The van der Waals surface area contributed by atoms with Crippen LogP contribution < -0.4 is 0 Å². The molecule has 1 heterocycles. The third kappa shape index (κ3) is 2.33. The van der Waals surface area contributed by atoms with Crippen molar-refractivity contribution in [3.8, 4) is 0 Å². The first-order valence-corrected chi connectivity index (χ1v) is 5.77. The van der Waals surface area contributed by atoms with Crippen molar-refractivity contribution < 1.29 is 15.0 Å². The van der Waals surface area contributed by atoms with Crippen molar-refractivity contribution in [2.45, 2.75) is 20.0 Å². The number of aromatic nitrogens is 1. The van der Waals surface area contributed by atoms with E-state index < -0.39 is 18.0 Å². The molecule has 2 N–H and O–H groups in total.